The molecular weight excluding hydrogens is 482 g/mol. The van der Waals surface area contributed by atoms with Gasteiger partial charge in [0.15, 0.2) is 6.10 Å². The van der Waals surface area contributed by atoms with Gasteiger partial charge in [0.1, 0.15) is 11.5 Å². The van der Waals surface area contributed by atoms with Gasteiger partial charge in [0.25, 0.3) is 0 Å². The highest BCUT2D eigenvalue weighted by Gasteiger charge is 2.31. The van der Waals surface area contributed by atoms with Crippen LogP contribution in [-0.2, 0) is 15.8 Å². The van der Waals surface area contributed by atoms with Crippen molar-refractivity contribution in [2.24, 2.45) is 5.14 Å². The quantitative estimate of drug-likeness (QED) is 0.565. The number of pyridine rings is 1. The molecule has 0 fully saturated rings. The highest BCUT2D eigenvalue weighted by atomic mass is 79.9. The van der Waals surface area contributed by atoms with Crippen LogP contribution in [-0.4, -0.2) is 20.0 Å². The fourth-order valence-corrected chi connectivity index (χ4v) is 4.48. The molecule has 1 aromatic heterocycles. The van der Waals surface area contributed by atoms with Crippen LogP contribution in [0.15, 0.2) is 59.3 Å². The second-order valence-electron chi connectivity index (χ2n) is 6.67. The number of primary sulfonamides is 1. The molecule has 0 saturated heterocycles. The first-order valence-corrected chi connectivity index (χ1v) is 11.2. The zero-order valence-electron chi connectivity index (χ0n) is 15.3. The summed E-state index contributed by atoms with van der Waals surface area (Å²) in [6.07, 6.45) is 2.60. The summed E-state index contributed by atoms with van der Waals surface area (Å²) in [7, 11) is -3.76. The van der Waals surface area contributed by atoms with E-state index in [9.17, 15) is 17.2 Å². The van der Waals surface area contributed by atoms with Crippen molar-refractivity contribution >= 4 is 26.0 Å². The van der Waals surface area contributed by atoms with Gasteiger partial charge in [-0.05, 0) is 45.3 Å². The Morgan fingerprint density at radius 3 is 2.70 bits per heavy atom. The number of sulfonamides is 1. The maximum absolute atomic E-state index is 12.9. The molecule has 1 unspecified atom stereocenters. The molecule has 1 aliphatic rings. The summed E-state index contributed by atoms with van der Waals surface area (Å²) in [5, 5.41) is 5.19. The molecular formula is C20H15BrF2N2O4S. The van der Waals surface area contributed by atoms with Gasteiger partial charge < -0.3 is 9.47 Å². The average Bonchev–Trinajstić information content (AvgIpc) is 2.65. The van der Waals surface area contributed by atoms with Gasteiger partial charge in [-0.25, -0.2) is 13.6 Å². The van der Waals surface area contributed by atoms with Crippen molar-refractivity contribution in [3.05, 3.63) is 76.0 Å². The van der Waals surface area contributed by atoms with E-state index in [0.717, 1.165) is 4.47 Å². The van der Waals surface area contributed by atoms with Crippen molar-refractivity contribution < 1.29 is 26.7 Å². The van der Waals surface area contributed by atoms with Crippen molar-refractivity contribution in [2.75, 3.05) is 0 Å². The number of nitrogens with two attached hydrogens (primary N) is 1. The molecule has 1 aliphatic heterocycles. The van der Waals surface area contributed by atoms with Gasteiger partial charge in [-0.15, -0.1) is 0 Å². The number of alkyl halides is 2. The van der Waals surface area contributed by atoms with E-state index in [4.69, 9.17) is 14.6 Å². The van der Waals surface area contributed by atoms with Crippen molar-refractivity contribution in [3.8, 4) is 22.6 Å². The third-order valence-electron chi connectivity index (χ3n) is 4.51. The minimum atomic E-state index is -3.76. The van der Waals surface area contributed by atoms with Crippen molar-refractivity contribution in [1.29, 1.82) is 0 Å². The lowest BCUT2D eigenvalue weighted by molar-refractivity contribution is -0.0496. The second kappa shape index (κ2) is 7.93. The molecule has 6 nitrogen and oxygen atoms in total. The molecule has 0 radical (unpaired) electrons. The number of hydrogen-bond acceptors (Lipinski definition) is 5. The summed E-state index contributed by atoms with van der Waals surface area (Å²) in [5.41, 5.74) is 2.70. The fraction of sp³-hybridized carbons (Fsp3) is 0.150. The summed E-state index contributed by atoms with van der Waals surface area (Å²) < 4.78 is 60.6. The van der Waals surface area contributed by atoms with Crippen LogP contribution in [0.25, 0.3) is 11.1 Å². The predicted octanol–water partition coefficient (Wildman–Crippen LogP) is 4.38. The van der Waals surface area contributed by atoms with Crippen molar-refractivity contribution in [2.45, 2.75) is 18.5 Å². The van der Waals surface area contributed by atoms with Gasteiger partial charge in [0, 0.05) is 28.0 Å². The average molecular weight is 497 g/mol. The summed E-state index contributed by atoms with van der Waals surface area (Å²) in [6, 6.07) is 11.4. The minimum Gasteiger partial charge on any atom is -0.480 e. The first-order chi connectivity index (χ1) is 14.2. The fourth-order valence-electron chi connectivity index (χ4n) is 3.46. The number of aromatic nitrogens is 1. The molecule has 0 spiro atoms. The van der Waals surface area contributed by atoms with Crippen LogP contribution in [0.4, 0.5) is 8.78 Å². The molecule has 0 saturated carbocycles. The van der Waals surface area contributed by atoms with Gasteiger partial charge in [-0.3, -0.25) is 4.98 Å². The number of ether oxygens (including phenoxy) is 2. The molecule has 3 aromatic rings. The highest BCUT2D eigenvalue weighted by Crippen LogP contribution is 2.49. The summed E-state index contributed by atoms with van der Waals surface area (Å²) >= 11 is 3.38. The lowest BCUT2D eigenvalue weighted by Crippen LogP contribution is -2.18. The Morgan fingerprint density at radius 2 is 2.00 bits per heavy atom. The van der Waals surface area contributed by atoms with Gasteiger partial charge in [-0.1, -0.05) is 24.3 Å². The molecule has 2 heterocycles. The lowest BCUT2D eigenvalue weighted by atomic mass is 9.88. The first-order valence-electron chi connectivity index (χ1n) is 8.70. The molecule has 156 valence electrons. The van der Waals surface area contributed by atoms with E-state index in [1.54, 1.807) is 42.7 Å². The number of hydrogen-bond donors (Lipinski definition) is 1. The van der Waals surface area contributed by atoms with E-state index in [-0.39, 0.29) is 11.5 Å². The van der Waals surface area contributed by atoms with E-state index >= 15 is 0 Å². The molecule has 0 amide bonds. The highest BCUT2D eigenvalue weighted by molar-refractivity contribution is 9.10. The number of rotatable bonds is 5. The number of fused-ring (bicyclic) bond motifs is 3. The third kappa shape index (κ3) is 4.30. The Balaban J connectivity index is 1.92. The predicted molar refractivity (Wildman–Crippen MR) is 110 cm³/mol. The Bertz CT molecular complexity index is 1220. The Morgan fingerprint density at radius 1 is 1.20 bits per heavy atom. The van der Waals surface area contributed by atoms with E-state index < -0.39 is 22.7 Å². The van der Waals surface area contributed by atoms with Crippen molar-refractivity contribution in [3.63, 3.8) is 0 Å². The number of nitrogens with zero attached hydrogens (tertiary/aromatic N) is 1. The van der Waals surface area contributed by atoms with Crippen LogP contribution in [0.1, 0.15) is 22.8 Å². The molecule has 10 heteroatoms. The zero-order chi connectivity index (χ0) is 21.5. The van der Waals surface area contributed by atoms with E-state index in [1.165, 1.54) is 6.07 Å². The molecule has 2 N–H and O–H groups in total. The van der Waals surface area contributed by atoms with Crippen LogP contribution in [0.2, 0.25) is 0 Å². The number of benzene rings is 2. The zero-order valence-corrected chi connectivity index (χ0v) is 17.7. The summed E-state index contributed by atoms with van der Waals surface area (Å²) in [5.74, 6) is -0.0373. The van der Waals surface area contributed by atoms with Crippen molar-refractivity contribution in [1.82, 2.24) is 4.98 Å². The molecule has 1 atom stereocenters. The minimum absolute atomic E-state index is 0.0336. The third-order valence-corrected chi connectivity index (χ3v) is 5.68. The number of halogens is 3. The Kier molecular flexibility index (Phi) is 5.48. The SMILES string of the molecule is NS(=O)(=O)Cc1ccc2c(c1)C(c1cncc(Br)c1)Oc1cccc(OC(F)F)c1-2. The standard InChI is InChI=1S/C20H15BrF2N2O4S/c21-13-7-12(8-25-9-13)19-15-6-11(10-30(24,26)27)4-5-14(15)18-16(28-19)2-1-3-17(18)29-20(22)23/h1-9,19-20H,10H2,(H2,24,26,27). The Hall–Kier alpha value is -2.56. The van der Waals surface area contributed by atoms with Gasteiger partial charge in [0.05, 0.1) is 11.3 Å². The monoisotopic (exact) mass is 496 g/mol. The largest absolute Gasteiger partial charge is 0.480 e. The molecule has 2 aromatic carbocycles. The van der Waals surface area contributed by atoms with Gasteiger partial charge in [-0.2, -0.15) is 8.78 Å². The maximum Gasteiger partial charge on any atom is 0.387 e. The lowest BCUT2D eigenvalue weighted by Gasteiger charge is -2.30. The van der Waals surface area contributed by atoms with Crippen LogP contribution in [0, 0.1) is 0 Å². The molecule has 4 rings (SSSR count). The summed E-state index contributed by atoms with van der Waals surface area (Å²) in [6.45, 7) is -3.01. The van der Waals surface area contributed by atoms with Crippen LogP contribution in [0.5, 0.6) is 11.5 Å². The van der Waals surface area contributed by atoms with Gasteiger partial charge >= 0.3 is 6.61 Å². The van der Waals surface area contributed by atoms with E-state index in [2.05, 4.69) is 20.9 Å². The normalized spacial score (nSPS) is 15.3. The molecule has 0 aliphatic carbocycles. The van der Waals surface area contributed by atoms with E-state index in [0.29, 0.717) is 33.6 Å². The maximum atomic E-state index is 12.9. The summed E-state index contributed by atoms with van der Waals surface area (Å²) in [4.78, 5) is 4.16. The topological polar surface area (TPSA) is 91.5 Å². The van der Waals surface area contributed by atoms with E-state index in [1.807, 2.05) is 6.07 Å². The molecule has 0 bridgehead atoms. The van der Waals surface area contributed by atoms with Gasteiger partial charge in [0.2, 0.25) is 10.0 Å². The molecule has 30 heavy (non-hydrogen) atoms. The second-order valence-corrected chi connectivity index (χ2v) is 9.20. The smallest absolute Gasteiger partial charge is 0.387 e. The van der Waals surface area contributed by atoms with Crippen LogP contribution < -0.4 is 14.6 Å². The van der Waals surface area contributed by atoms with Crippen LogP contribution in [0.3, 0.4) is 0 Å². The first kappa shape index (κ1) is 20.7. The van der Waals surface area contributed by atoms with Crippen LogP contribution >= 0.6 is 15.9 Å². The Labute approximate surface area is 179 Å².